The first-order valence-electron chi connectivity index (χ1n) is 3.94. The van der Waals surface area contributed by atoms with Crippen LogP contribution in [0.25, 0.3) is 0 Å². The Kier molecular flexibility index (Phi) is 2.60. The molecule has 0 aliphatic rings. The second-order valence-electron chi connectivity index (χ2n) is 2.77. The minimum Gasteiger partial charge on any atom is -0.368 e. The fourth-order valence-corrected chi connectivity index (χ4v) is 1.27. The molecule has 0 fully saturated rings. The van der Waals surface area contributed by atoms with Gasteiger partial charge in [-0.15, -0.1) is 0 Å². The minimum atomic E-state index is 0.339. The largest absolute Gasteiger partial charge is 0.368 e. The van der Waals surface area contributed by atoms with Gasteiger partial charge in [0.2, 0.25) is 5.95 Å². The average molecular weight is 166 g/mol. The first kappa shape index (κ1) is 8.93. The van der Waals surface area contributed by atoms with Crippen molar-refractivity contribution in [3.05, 3.63) is 17.0 Å². The molecule has 12 heavy (non-hydrogen) atoms. The van der Waals surface area contributed by atoms with E-state index in [4.69, 9.17) is 11.5 Å². The molecule has 0 unspecified atom stereocenters. The molecule has 0 aliphatic carbocycles. The van der Waals surface area contributed by atoms with Crippen LogP contribution in [0.3, 0.4) is 0 Å². The molecule has 0 atom stereocenters. The number of nitrogen functional groups attached to an aromatic ring is 1. The number of hydrogen-bond acceptors (Lipinski definition) is 4. The summed E-state index contributed by atoms with van der Waals surface area (Å²) in [6.45, 7) is 4.47. The highest BCUT2D eigenvalue weighted by Gasteiger charge is 2.04. The van der Waals surface area contributed by atoms with Crippen molar-refractivity contribution >= 4 is 5.95 Å². The van der Waals surface area contributed by atoms with Gasteiger partial charge < -0.3 is 11.5 Å². The number of rotatable bonds is 2. The number of hydrogen-bond donors (Lipinski definition) is 2. The quantitative estimate of drug-likeness (QED) is 0.656. The number of nitrogens with two attached hydrogens (primary N) is 2. The maximum atomic E-state index is 5.47. The average Bonchev–Trinajstić information content (AvgIpc) is 1.96. The highest BCUT2D eigenvalue weighted by Crippen LogP contribution is 2.10. The lowest BCUT2D eigenvalue weighted by molar-refractivity contribution is 0.900. The van der Waals surface area contributed by atoms with Crippen molar-refractivity contribution in [3.63, 3.8) is 0 Å². The topological polar surface area (TPSA) is 77.8 Å². The van der Waals surface area contributed by atoms with E-state index in [-0.39, 0.29) is 0 Å². The Labute approximate surface area is 72.0 Å². The molecule has 0 aliphatic heterocycles. The Morgan fingerprint density at radius 1 is 1.17 bits per heavy atom. The van der Waals surface area contributed by atoms with Crippen molar-refractivity contribution in [2.75, 3.05) is 12.3 Å². The smallest absolute Gasteiger partial charge is 0.220 e. The van der Waals surface area contributed by atoms with Gasteiger partial charge in [0.25, 0.3) is 0 Å². The lowest BCUT2D eigenvalue weighted by atomic mass is 10.1. The standard InChI is InChI=1S/C8H14N4/c1-5-7(3-4-9)6(2)12-8(10)11-5/h3-4,9H2,1-2H3,(H2,10,11,12). The zero-order valence-corrected chi connectivity index (χ0v) is 7.46. The van der Waals surface area contributed by atoms with Gasteiger partial charge in [0.15, 0.2) is 0 Å². The molecule has 1 heterocycles. The van der Waals surface area contributed by atoms with Gasteiger partial charge in [-0.2, -0.15) is 0 Å². The summed E-state index contributed by atoms with van der Waals surface area (Å²) in [5, 5.41) is 0. The van der Waals surface area contributed by atoms with Gasteiger partial charge in [-0.25, -0.2) is 9.97 Å². The van der Waals surface area contributed by atoms with E-state index in [0.717, 1.165) is 23.4 Å². The zero-order valence-electron chi connectivity index (χ0n) is 7.46. The predicted octanol–water partition coefficient (Wildman–Crippen LogP) is 0.177. The molecular weight excluding hydrogens is 152 g/mol. The second kappa shape index (κ2) is 3.49. The van der Waals surface area contributed by atoms with Crippen LogP contribution in [0.1, 0.15) is 17.0 Å². The van der Waals surface area contributed by atoms with E-state index in [1.165, 1.54) is 0 Å². The molecular formula is C8H14N4. The third-order valence-electron chi connectivity index (χ3n) is 1.83. The lowest BCUT2D eigenvalue weighted by Gasteiger charge is -2.06. The Hall–Kier alpha value is -1.16. The molecule has 0 amide bonds. The van der Waals surface area contributed by atoms with Crippen molar-refractivity contribution in [3.8, 4) is 0 Å². The molecule has 0 bridgehead atoms. The van der Waals surface area contributed by atoms with Crippen LogP contribution in [0.4, 0.5) is 5.95 Å². The van der Waals surface area contributed by atoms with Crippen molar-refractivity contribution in [2.24, 2.45) is 5.73 Å². The molecule has 4 heteroatoms. The van der Waals surface area contributed by atoms with Gasteiger partial charge in [0.05, 0.1) is 0 Å². The summed E-state index contributed by atoms with van der Waals surface area (Å²) in [6.07, 6.45) is 0.817. The van der Waals surface area contributed by atoms with Crippen molar-refractivity contribution < 1.29 is 0 Å². The van der Waals surface area contributed by atoms with Crippen molar-refractivity contribution in [1.82, 2.24) is 9.97 Å². The third-order valence-corrected chi connectivity index (χ3v) is 1.83. The van der Waals surface area contributed by atoms with E-state index >= 15 is 0 Å². The second-order valence-corrected chi connectivity index (χ2v) is 2.77. The van der Waals surface area contributed by atoms with E-state index in [1.807, 2.05) is 13.8 Å². The molecule has 4 nitrogen and oxygen atoms in total. The van der Waals surface area contributed by atoms with Crippen LogP contribution in [-0.2, 0) is 6.42 Å². The van der Waals surface area contributed by atoms with E-state index < -0.39 is 0 Å². The van der Waals surface area contributed by atoms with E-state index in [2.05, 4.69) is 9.97 Å². The zero-order chi connectivity index (χ0) is 9.14. The molecule has 0 spiro atoms. The van der Waals surface area contributed by atoms with Gasteiger partial charge in [-0.1, -0.05) is 0 Å². The SMILES string of the molecule is Cc1nc(N)nc(C)c1CCN. The van der Waals surface area contributed by atoms with E-state index in [9.17, 15) is 0 Å². The van der Waals surface area contributed by atoms with Crippen LogP contribution < -0.4 is 11.5 Å². The van der Waals surface area contributed by atoms with Gasteiger partial charge in [-0.05, 0) is 32.4 Å². The molecule has 0 saturated heterocycles. The fraction of sp³-hybridized carbons (Fsp3) is 0.500. The molecule has 0 radical (unpaired) electrons. The maximum Gasteiger partial charge on any atom is 0.220 e. The predicted molar refractivity (Wildman–Crippen MR) is 48.7 cm³/mol. The van der Waals surface area contributed by atoms with Crippen molar-refractivity contribution in [1.29, 1.82) is 0 Å². The molecule has 0 saturated carbocycles. The maximum absolute atomic E-state index is 5.47. The summed E-state index contributed by atoms with van der Waals surface area (Å²) in [7, 11) is 0. The van der Waals surface area contributed by atoms with E-state index in [0.29, 0.717) is 12.5 Å². The summed E-state index contributed by atoms with van der Waals surface area (Å²) in [6, 6.07) is 0. The summed E-state index contributed by atoms with van der Waals surface area (Å²) >= 11 is 0. The van der Waals surface area contributed by atoms with Crippen LogP contribution in [-0.4, -0.2) is 16.5 Å². The molecule has 1 aromatic heterocycles. The molecule has 0 aromatic carbocycles. The summed E-state index contributed by atoms with van der Waals surface area (Å²) in [5.41, 5.74) is 13.9. The summed E-state index contributed by atoms with van der Waals surface area (Å²) in [5.74, 6) is 0.339. The van der Waals surface area contributed by atoms with Crippen LogP contribution in [0.2, 0.25) is 0 Å². The molecule has 1 rings (SSSR count). The lowest BCUT2D eigenvalue weighted by Crippen LogP contribution is -2.10. The van der Waals surface area contributed by atoms with Gasteiger partial charge in [0, 0.05) is 11.4 Å². The monoisotopic (exact) mass is 166 g/mol. The van der Waals surface area contributed by atoms with Crippen LogP contribution in [0, 0.1) is 13.8 Å². The molecule has 4 N–H and O–H groups in total. The van der Waals surface area contributed by atoms with E-state index in [1.54, 1.807) is 0 Å². The minimum absolute atomic E-state index is 0.339. The van der Waals surface area contributed by atoms with Gasteiger partial charge >= 0.3 is 0 Å². The third kappa shape index (κ3) is 1.71. The number of nitrogens with zero attached hydrogens (tertiary/aromatic N) is 2. The Bertz CT molecular complexity index is 259. The van der Waals surface area contributed by atoms with Crippen LogP contribution in [0.5, 0.6) is 0 Å². The number of anilines is 1. The molecule has 66 valence electrons. The first-order chi connectivity index (χ1) is 5.65. The normalized spacial score (nSPS) is 10.2. The van der Waals surface area contributed by atoms with Crippen LogP contribution in [0.15, 0.2) is 0 Å². The first-order valence-corrected chi connectivity index (χ1v) is 3.94. The van der Waals surface area contributed by atoms with Gasteiger partial charge in [0.1, 0.15) is 0 Å². The fourth-order valence-electron chi connectivity index (χ4n) is 1.27. The number of aromatic nitrogens is 2. The van der Waals surface area contributed by atoms with Crippen molar-refractivity contribution in [2.45, 2.75) is 20.3 Å². The van der Waals surface area contributed by atoms with Gasteiger partial charge in [-0.3, -0.25) is 0 Å². The molecule has 1 aromatic rings. The summed E-state index contributed by atoms with van der Waals surface area (Å²) in [4.78, 5) is 8.13. The number of aryl methyl sites for hydroxylation is 2. The summed E-state index contributed by atoms with van der Waals surface area (Å²) < 4.78 is 0. The van der Waals surface area contributed by atoms with Crippen LogP contribution >= 0.6 is 0 Å². The highest BCUT2D eigenvalue weighted by atomic mass is 15.0. The Morgan fingerprint density at radius 2 is 1.67 bits per heavy atom. The Balaban J connectivity index is 3.10. The highest BCUT2D eigenvalue weighted by molar-refractivity contribution is 5.30. The Morgan fingerprint density at radius 3 is 2.08 bits per heavy atom.